The quantitative estimate of drug-likeness (QED) is 0.544. The molecule has 6 heteroatoms. The molecule has 5 rings (SSSR count). The van der Waals surface area contributed by atoms with E-state index in [0.29, 0.717) is 12.1 Å². The second-order valence-electron chi connectivity index (χ2n) is 8.41. The average Bonchev–Trinajstić information content (AvgIpc) is 3.35. The van der Waals surface area contributed by atoms with E-state index in [1.54, 1.807) is 0 Å². The predicted molar refractivity (Wildman–Crippen MR) is 125 cm³/mol. The van der Waals surface area contributed by atoms with Crippen LogP contribution in [-0.4, -0.2) is 44.1 Å². The fourth-order valence-corrected chi connectivity index (χ4v) is 4.98. The van der Waals surface area contributed by atoms with Gasteiger partial charge in [-0.15, -0.1) is 0 Å². The summed E-state index contributed by atoms with van der Waals surface area (Å²) in [6.45, 7) is 4.32. The second-order valence-corrected chi connectivity index (χ2v) is 8.41. The summed E-state index contributed by atoms with van der Waals surface area (Å²) in [5.41, 5.74) is 10.8. The molecule has 4 aromatic rings. The molecule has 0 spiro atoms. The van der Waals surface area contributed by atoms with Crippen molar-refractivity contribution >= 4 is 27.8 Å². The molecule has 160 valence electrons. The number of fused-ring (bicyclic) bond motifs is 2. The van der Waals surface area contributed by atoms with E-state index >= 15 is 0 Å². The highest BCUT2D eigenvalue weighted by Gasteiger charge is 2.27. The molecular weight excluding hydrogens is 386 g/mol. The van der Waals surface area contributed by atoms with E-state index in [9.17, 15) is 4.79 Å². The number of likely N-dealkylation sites (tertiary alicyclic amines) is 1. The third-order valence-electron chi connectivity index (χ3n) is 6.64. The Morgan fingerprint density at radius 1 is 1.13 bits per heavy atom. The van der Waals surface area contributed by atoms with Crippen molar-refractivity contribution in [3.8, 4) is 11.5 Å². The largest absolute Gasteiger partial charge is 0.338 e. The van der Waals surface area contributed by atoms with Gasteiger partial charge in [0.05, 0.1) is 16.7 Å². The Bertz CT molecular complexity index is 1270. The van der Waals surface area contributed by atoms with Crippen molar-refractivity contribution in [2.75, 3.05) is 13.1 Å². The average molecular weight is 416 g/mol. The minimum absolute atomic E-state index is 0.0620. The van der Waals surface area contributed by atoms with Gasteiger partial charge in [-0.2, -0.15) is 0 Å². The molecule has 3 heterocycles. The first kappa shape index (κ1) is 19.8. The van der Waals surface area contributed by atoms with E-state index in [-0.39, 0.29) is 11.9 Å². The monoisotopic (exact) mass is 415 g/mol. The third-order valence-corrected chi connectivity index (χ3v) is 6.64. The maximum Gasteiger partial charge on any atom is 0.254 e. The van der Waals surface area contributed by atoms with E-state index in [1.807, 2.05) is 30.1 Å². The molecule has 0 saturated carbocycles. The number of benzene rings is 2. The van der Waals surface area contributed by atoms with Crippen LogP contribution in [0.4, 0.5) is 0 Å². The number of aryl methyl sites for hydroxylation is 2. The molecule has 31 heavy (non-hydrogen) atoms. The van der Waals surface area contributed by atoms with E-state index < -0.39 is 0 Å². The van der Waals surface area contributed by atoms with Gasteiger partial charge < -0.3 is 19.8 Å². The number of carbonyl (C=O) groups is 1. The van der Waals surface area contributed by atoms with E-state index in [1.165, 1.54) is 10.9 Å². The molecule has 1 aliphatic heterocycles. The first-order chi connectivity index (χ1) is 15.1. The molecule has 2 aromatic heterocycles. The van der Waals surface area contributed by atoms with E-state index in [4.69, 9.17) is 10.7 Å². The first-order valence-corrected chi connectivity index (χ1v) is 11.2. The van der Waals surface area contributed by atoms with Crippen LogP contribution in [0, 0.1) is 0 Å². The van der Waals surface area contributed by atoms with Gasteiger partial charge >= 0.3 is 0 Å². The zero-order valence-electron chi connectivity index (χ0n) is 18.2. The van der Waals surface area contributed by atoms with Crippen molar-refractivity contribution in [2.24, 2.45) is 12.8 Å². The highest BCUT2D eigenvalue weighted by atomic mass is 16.2. The Labute approximate surface area is 182 Å². The van der Waals surface area contributed by atoms with Crippen LogP contribution >= 0.6 is 0 Å². The van der Waals surface area contributed by atoms with Crippen LogP contribution in [0.25, 0.3) is 33.5 Å². The van der Waals surface area contributed by atoms with Gasteiger partial charge in [0.1, 0.15) is 0 Å². The molecule has 1 atom stereocenters. The highest BCUT2D eigenvalue weighted by Crippen LogP contribution is 2.30. The van der Waals surface area contributed by atoms with Gasteiger partial charge in [0, 0.05) is 49.2 Å². The Kier molecular flexibility index (Phi) is 5.02. The molecule has 0 bridgehead atoms. The number of nitrogens with two attached hydrogens (primary N) is 1. The second kappa shape index (κ2) is 7.85. The van der Waals surface area contributed by atoms with Crippen molar-refractivity contribution in [1.82, 2.24) is 19.0 Å². The van der Waals surface area contributed by atoms with Crippen molar-refractivity contribution in [1.29, 1.82) is 0 Å². The minimum Gasteiger partial charge on any atom is -0.338 e. The van der Waals surface area contributed by atoms with Crippen LogP contribution in [0.15, 0.2) is 48.5 Å². The van der Waals surface area contributed by atoms with Gasteiger partial charge in [-0.25, -0.2) is 4.98 Å². The van der Waals surface area contributed by atoms with Gasteiger partial charge in [0.15, 0.2) is 5.82 Å². The SMILES string of the molecule is CCn1c(-c2nc3cc(C(=O)N4CCCCC4CN)ccc3n2C)cc2ccccc21. The summed E-state index contributed by atoms with van der Waals surface area (Å²) < 4.78 is 4.41. The standard InChI is InChI=1S/C25H29N5O/c1-3-29-21-10-5-4-8-17(21)15-23(29)24-27-20-14-18(11-12-22(20)28(24)2)25(31)30-13-7-6-9-19(30)16-26/h4-5,8,10-12,14-15,19H,3,6-7,9,13,16,26H2,1-2H3. The summed E-state index contributed by atoms with van der Waals surface area (Å²) in [6.07, 6.45) is 3.17. The Morgan fingerprint density at radius 3 is 2.77 bits per heavy atom. The van der Waals surface area contributed by atoms with Gasteiger partial charge in [-0.1, -0.05) is 18.2 Å². The number of para-hydroxylation sites is 1. The lowest BCUT2D eigenvalue weighted by atomic mass is 10.0. The lowest BCUT2D eigenvalue weighted by Crippen LogP contribution is -2.47. The Hall–Kier alpha value is -3.12. The summed E-state index contributed by atoms with van der Waals surface area (Å²) in [4.78, 5) is 20.1. The molecule has 1 amide bonds. The van der Waals surface area contributed by atoms with Crippen LogP contribution in [-0.2, 0) is 13.6 Å². The number of imidazole rings is 1. The van der Waals surface area contributed by atoms with Gasteiger partial charge in [-0.05, 0) is 56.5 Å². The fourth-order valence-electron chi connectivity index (χ4n) is 4.98. The van der Waals surface area contributed by atoms with Crippen LogP contribution in [0.2, 0.25) is 0 Å². The number of aromatic nitrogens is 3. The van der Waals surface area contributed by atoms with Gasteiger partial charge in [-0.3, -0.25) is 4.79 Å². The summed E-state index contributed by atoms with van der Waals surface area (Å²) in [5.74, 6) is 0.974. The summed E-state index contributed by atoms with van der Waals surface area (Å²) >= 11 is 0. The molecule has 1 fully saturated rings. The normalized spacial score (nSPS) is 17.0. The summed E-state index contributed by atoms with van der Waals surface area (Å²) in [7, 11) is 2.04. The zero-order valence-corrected chi connectivity index (χ0v) is 18.2. The van der Waals surface area contributed by atoms with E-state index in [2.05, 4.69) is 46.4 Å². The van der Waals surface area contributed by atoms with Crippen LogP contribution in [0.5, 0.6) is 0 Å². The molecular formula is C25H29N5O. The lowest BCUT2D eigenvalue weighted by molar-refractivity contribution is 0.0623. The topological polar surface area (TPSA) is 69.1 Å². The van der Waals surface area contributed by atoms with Gasteiger partial charge in [0.25, 0.3) is 5.91 Å². The maximum atomic E-state index is 13.2. The zero-order chi connectivity index (χ0) is 21.5. The number of rotatable bonds is 4. The molecule has 2 aromatic carbocycles. The number of hydrogen-bond acceptors (Lipinski definition) is 3. The molecule has 1 saturated heterocycles. The predicted octanol–water partition coefficient (Wildman–Crippen LogP) is 4.17. The fraction of sp³-hybridized carbons (Fsp3) is 0.360. The molecule has 1 aliphatic rings. The molecule has 0 radical (unpaired) electrons. The summed E-state index contributed by atoms with van der Waals surface area (Å²) in [6, 6.07) is 16.6. The smallest absolute Gasteiger partial charge is 0.254 e. The van der Waals surface area contributed by atoms with Crippen LogP contribution in [0.3, 0.4) is 0 Å². The number of carbonyl (C=O) groups excluding carboxylic acids is 1. The summed E-state index contributed by atoms with van der Waals surface area (Å²) in [5, 5.41) is 1.21. The number of hydrogen-bond donors (Lipinski definition) is 1. The highest BCUT2D eigenvalue weighted by molar-refractivity contribution is 5.98. The van der Waals surface area contributed by atoms with Gasteiger partial charge in [0.2, 0.25) is 0 Å². The van der Waals surface area contributed by atoms with Crippen molar-refractivity contribution in [3.05, 3.63) is 54.1 Å². The van der Waals surface area contributed by atoms with Crippen LogP contribution in [0.1, 0.15) is 36.5 Å². The molecule has 1 unspecified atom stereocenters. The molecule has 2 N–H and O–H groups in total. The third kappa shape index (κ3) is 3.22. The van der Waals surface area contributed by atoms with Crippen molar-refractivity contribution in [2.45, 2.75) is 38.8 Å². The Morgan fingerprint density at radius 2 is 1.97 bits per heavy atom. The maximum absolute atomic E-state index is 13.2. The lowest BCUT2D eigenvalue weighted by Gasteiger charge is -2.35. The number of nitrogens with zero attached hydrogens (tertiary/aromatic N) is 4. The van der Waals surface area contributed by atoms with Crippen molar-refractivity contribution in [3.63, 3.8) is 0 Å². The van der Waals surface area contributed by atoms with Crippen molar-refractivity contribution < 1.29 is 4.79 Å². The molecule has 0 aliphatic carbocycles. The Balaban J connectivity index is 1.57. The number of piperidine rings is 1. The molecule has 6 nitrogen and oxygen atoms in total. The van der Waals surface area contributed by atoms with E-state index in [0.717, 1.165) is 54.9 Å². The minimum atomic E-state index is 0.0620. The first-order valence-electron chi connectivity index (χ1n) is 11.2. The number of amides is 1. The van der Waals surface area contributed by atoms with Crippen LogP contribution < -0.4 is 5.73 Å².